The van der Waals surface area contributed by atoms with Gasteiger partial charge < -0.3 is 5.32 Å². The van der Waals surface area contributed by atoms with Crippen LogP contribution in [-0.4, -0.2) is 20.4 Å². The first-order chi connectivity index (χ1) is 12.6. The molecule has 0 atom stereocenters. The summed E-state index contributed by atoms with van der Waals surface area (Å²) in [7, 11) is 0. The Labute approximate surface area is 155 Å². The fourth-order valence-corrected chi connectivity index (χ4v) is 3.61. The number of benzene rings is 2. The zero-order valence-electron chi connectivity index (χ0n) is 14.6. The first kappa shape index (κ1) is 16.5. The number of Topliss-reactive ketones (excluding diaryl/α,β-unsaturated/α-hetero) is 1. The van der Waals surface area contributed by atoms with E-state index in [-0.39, 0.29) is 5.78 Å². The molecule has 0 saturated carbocycles. The van der Waals surface area contributed by atoms with E-state index in [1.54, 1.807) is 13.1 Å². The smallest absolute Gasteiger partial charge is 0.214 e. The van der Waals surface area contributed by atoms with Gasteiger partial charge in [0.1, 0.15) is 0 Å². The highest BCUT2D eigenvalue weighted by molar-refractivity contribution is 7.20. The number of aryl methyl sites for hydroxylation is 1. The second-order valence-electron chi connectivity index (χ2n) is 6.16. The Morgan fingerprint density at radius 3 is 2.85 bits per heavy atom. The number of aromatic nitrogens is 3. The van der Waals surface area contributed by atoms with E-state index >= 15 is 0 Å². The third kappa shape index (κ3) is 3.11. The quantitative estimate of drug-likeness (QED) is 0.528. The summed E-state index contributed by atoms with van der Waals surface area (Å²) in [6, 6.07) is 15.8. The van der Waals surface area contributed by atoms with Crippen molar-refractivity contribution in [2.45, 2.75) is 20.4 Å². The molecule has 0 saturated heterocycles. The van der Waals surface area contributed by atoms with Gasteiger partial charge in [0.05, 0.1) is 11.9 Å². The van der Waals surface area contributed by atoms with Gasteiger partial charge in [-0.15, -0.1) is 5.10 Å². The minimum Gasteiger partial charge on any atom is -0.356 e. The van der Waals surface area contributed by atoms with E-state index in [1.165, 1.54) is 22.5 Å². The Balaban J connectivity index is 1.62. The van der Waals surface area contributed by atoms with E-state index in [0.29, 0.717) is 5.56 Å². The number of nitrogens with zero attached hydrogens (tertiary/aromatic N) is 3. The molecule has 0 bridgehead atoms. The van der Waals surface area contributed by atoms with E-state index < -0.39 is 0 Å². The van der Waals surface area contributed by atoms with Crippen molar-refractivity contribution in [2.75, 3.05) is 5.32 Å². The fraction of sp³-hybridized carbons (Fsp3) is 0.150. The monoisotopic (exact) mass is 362 g/mol. The lowest BCUT2D eigenvalue weighted by atomic mass is 10.1. The van der Waals surface area contributed by atoms with Crippen LogP contribution in [0.5, 0.6) is 0 Å². The molecule has 5 nitrogen and oxygen atoms in total. The molecule has 2 aromatic heterocycles. The van der Waals surface area contributed by atoms with Crippen molar-refractivity contribution in [3.8, 4) is 11.3 Å². The number of fused-ring (bicyclic) bond motifs is 1. The number of ketones is 1. The number of imidazole rings is 1. The molecule has 2 heterocycles. The third-order valence-corrected chi connectivity index (χ3v) is 5.22. The van der Waals surface area contributed by atoms with Crippen molar-refractivity contribution >= 4 is 27.2 Å². The van der Waals surface area contributed by atoms with Crippen LogP contribution >= 0.6 is 11.3 Å². The summed E-state index contributed by atoms with van der Waals surface area (Å²) in [5.74, 6) is 0.0477. The largest absolute Gasteiger partial charge is 0.356 e. The van der Waals surface area contributed by atoms with Gasteiger partial charge in [-0.2, -0.15) is 0 Å². The maximum absolute atomic E-state index is 11.6. The molecule has 0 aliphatic rings. The second kappa shape index (κ2) is 6.72. The molecule has 0 amide bonds. The van der Waals surface area contributed by atoms with Gasteiger partial charge in [-0.25, -0.2) is 9.50 Å². The summed E-state index contributed by atoms with van der Waals surface area (Å²) in [6.45, 7) is 4.39. The van der Waals surface area contributed by atoms with Crippen LogP contribution in [0, 0.1) is 6.92 Å². The molecule has 0 aliphatic carbocycles. The predicted molar refractivity (Wildman–Crippen MR) is 105 cm³/mol. The molecule has 6 heteroatoms. The van der Waals surface area contributed by atoms with E-state index in [2.05, 4.69) is 34.5 Å². The molecule has 0 fully saturated rings. The van der Waals surface area contributed by atoms with Gasteiger partial charge in [-0.1, -0.05) is 53.8 Å². The van der Waals surface area contributed by atoms with Gasteiger partial charge in [0.15, 0.2) is 5.78 Å². The van der Waals surface area contributed by atoms with E-state index in [9.17, 15) is 4.79 Å². The molecule has 26 heavy (non-hydrogen) atoms. The van der Waals surface area contributed by atoms with E-state index in [4.69, 9.17) is 0 Å². The minimum atomic E-state index is 0.0477. The number of carbonyl (C=O) groups excluding carboxylic acids is 1. The summed E-state index contributed by atoms with van der Waals surface area (Å²) >= 11 is 1.51. The molecule has 1 N–H and O–H groups in total. The van der Waals surface area contributed by atoms with Crippen LogP contribution in [0.3, 0.4) is 0 Å². The highest BCUT2D eigenvalue weighted by Gasteiger charge is 2.12. The Morgan fingerprint density at radius 1 is 1.19 bits per heavy atom. The van der Waals surface area contributed by atoms with E-state index in [1.807, 2.05) is 40.9 Å². The lowest BCUT2D eigenvalue weighted by Crippen LogP contribution is -2.01. The van der Waals surface area contributed by atoms with Crippen LogP contribution in [0.15, 0.2) is 54.7 Å². The van der Waals surface area contributed by atoms with Crippen molar-refractivity contribution in [1.29, 1.82) is 0 Å². The molecular weight excluding hydrogens is 344 g/mol. The summed E-state index contributed by atoms with van der Waals surface area (Å²) in [4.78, 5) is 16.9. The zero-order chi connectivity index (χ0) is 18.1. The number of rotatable bonds is 5. The first-order valence-corrected chi connectivity index (χ1v) is 9.18. The third-order valence-electron chi connectivity index (χ3n) is 4.34. The summed E-state index contributed by atoms with van der Waals surface area (Å²) in [6.07, 6.45) is 1.79. The van der Waals surface area contributed by atoms with Crippen molar-refractivity contribution in [2.24, 2.45) is 0 Å². The molecule has 0 spiro atoms. The van der Waals surface area contributed by atoms with Crippen LogP contribution in [0.1, 0.15) is 28.4 Å². The van der Waals surface area contributed by atoms with Crippen molar-refractivity contribution < 1.29 is 4.79 Å². The Hall–Kier alpha value is -2.99. The van der Waals surface area contributed by atoms with Crippen LogP contribution in [0.2, 0.25) is 0 Å². The number of hydrogen-bond acceptors (Lipinski definition) is 5. The Bertz CT molecular complexity index is 1100. The fourth-order valence-electron chi connectivity index (χ4n) is 2.84. The lowest BCUT2D eigenvalue weighted by Gasteiger charge is -2.05. The molecule has 2 aromatic carbocycles. The SMILES string of the molecule is CC(=O)c1cccc(-c2cnc3sc(NCc4ccccc4C)nn23)c1. The maximum atomic E-state index is 11.6. The molecule has 4 rings (SSSR count). The Morgan fingerprint density at radius 2 is 2.04 bits per heavy atom. The van der Waals surface area contributed by atoms with Gasteiger partial charge in [-0.05, 0) is 31.0 Å². The second-order valence-corrected chi connectivity index (χ2v) is 7.12. The van der Waals surface area contributed by atoms with Crippen LogP contribution in [0.4, 0.5) is 5.13 Å². The summed E-state index contributed by atoms with van der Waals surface area (Å²) in [5.41, 5.74) is 4.99. The summed E-state index contributed by atoms with van der Waals surface area (Å²) < 4.78 is 1.82. The van der Waals surface area contributed by atoms with Crippen molar-refractivity contribution in [1.82, 2.24) is 14.6 Å². The van der Waals surface area contributed by atoms with Gasteiger partial charge in [0.25, 0.3) is 0 Å². The average molecular weight is 362 g/mol. The molecule has 0 unspecified atom stereocenters. The van der Waals surface area contributed by atoms with Crippen LogP contribution < -0.4 is 5.32 Å². The summed E-state index contributed by atoms with van der Waals surface area (Å²) in [5, 5.41) is 8.84. The van der Waals surface area contributed by atoms with Crippen LogP contribution in [-0.2, 0) is 6.54 Å². The topological polar surface area (TPSA) is 59.3 Å². The maximum Gasteiger partial charge on any atom is 0.214 e. The number of carbonyl (C=O) groups is 1. The highest BCUT2D eigenvalue weighted by atomic mass is 32.1. The van der Waals surface area contributed by atoms with Crippen molar-refractivity contribution in [3.63, 3.8) is 0 Å². The lowest BCUT2D eigenvalue weighted by molar-refractivity contribution is 0.101. The molecular formula is C20H18N4OS. The van der Waals surface area contributed by atoms with Crippen LogP contribution in [0.25, 0.3) is 16.2 Å². The normalized spacial score (nSPS) is 11.0. The molecule has 4 aromatic rings. The van der Waals surface area contributed by atoms with Gasteiger partial charge >= 0.3 is 0 Å². The zero-order valence-corrected chi connectivity index (χ0v) is 15.4. The molecule has 0 radical (unpaired) electrons. The highest BCUT2D eigenvalue weighted by Crippen LogP contribution is 2.27. The average Bonchev–Trinajstić information content (AvgIpc) is 3.21. The molecule has 0 aliphatic heterocycles. The Kier molecular flexibility index (Phi) is 4.26. The van der Waals surface area contributed by atoms with Gasteiger partial charge in [-0.3, -0.25) is 4.79 Å². The van der Waals surface area contributed by atoms with Gasteiger partial charge in [0.2, 0.25) is 10.1 Å². The number of hydrogen-bond donors (Lipinski definition) is 1. The van der Waals surface area contributed by atoms with Gasteiger partial charge in [0, 0.05) is 17.7 Å². The molecule has 130 valence electrons. The minimum absolute atomic E-state index is 0.0477. The van der Waals surface area contributed by atoms with Crippen molar-refractivity contribution in [3.05, 3.63) is 71.4 Å². The number of nitrogens with one attached hydrogen (secondary N) is 1. The predicted octanol–water partition coefficient (Wildman–Crippen LogP) is 4.58. The first-order valence-electron chi connectivity index (χ1n) is 8.36. The van der Waals surface area contributed by atoms with E-state index in [0.717, 1.165) is 27.9 Å². The standard InChI is InChI=1S/C20H18N4OS/c1-13-6-3-4-7-17(13)11-21-19-23-24-18(12-22-20(24)26-19)16-9-5-8-15(10-16)14(2)25/h3-10,12H,11H2,1-2H3,(H,21,23). The number of anilines is 1.